The van der Waals surface area contributed by atoms with Crippen LogP contribution < -0.4 is 0 Å². The maximum Gasteiger partial charge on any atom is 0.192 e. The number of benzene rings is 1. The average molecular weight is 307 g/mol. The van der Waals surface area contributed by atoms with Crippen LogP contribution in [0.25, 0.3) is 0 Å². The normalized spacial score (nSPS) is 10.8. The third-order valence-corrected chi connectivity index (χ3v) is 3.15. The standard InChI is InChI=1S/C14H15BrN2O/c1-17(9-11-4-2-5-12(15)8-11)10-14(18)13-6-3-7-16-13/h2-8,16H,9-10H2,1H3. The van der Waals surface area contributed by atoms with E-state index in [2.05, 4.69) is 33.0 Å². The highest BCUT2D eigenvalue weighted by atomic mass is 79.9. The third-order valence-electron chi connectivity index (χ3n) is 2.65. The smallest absolute Gasteiger partial charge is 0.192 e. The molecule has 1 heterocycles. The van der Waals surface area contributed by atoms with Crippen LogP contribution in [0.1, 0.15) is 16.1 Å². The molecule has 0 radical (unpaired) electrons. The number of H-pyrrole nitrogens is 1. The molecule has 4 heteroatoms. The predicted octanol–water partition coefficient (Wildman–Crippen LogP) is 3.09. The molecule has 94 valence electrons. The molecular formula is C14H15BrN2O. The van der Waals surface area contributed by atoms with Crippen LogP contribution >= 0.6 is 15.9 Å². The molecule has 0 saturated carbocycles. The molecule has 3 nitrogen and oxygen atoms in total. The van der Waals surface area contributed by atoms with Crippen LogP contribution in [0, 0.1) is 0 Å². The van der Waals surface area contributed by atoms with Gasteiger partial charge in [0.25, 0.3) is 0 Å². The van der Waals surface area contributed by atoms with E-state index < -0.39 is 0 Å². The number of nitrogens with one attached hydrogen (secondary N) is 1. The molecule has 0 atom stereocenters. The van der Waals surface area contributed by atoms with Gasteiger partial charge < -0.3 is 4.98 Å². The quantitative estimate of drug-likeness (QED) is 0.862. The van der Waals surface area contributed by atoms with Gasteiger partial charge in [-0.15, -0.1) is 0 Å². The summed E-state index contributed by atoms with van der Waals surface area (Å²) in [6.45, 7) is 1.17. The largest absolute Gasteiger partial charge is 0.359 e. The summed E-state index contributed by atoms with van der Waals surface area (Å²) in [6.07, 6.45) is 1.77. The van der Waals surface area contributed by atoms with Gasteiger partial charge in [0.05, 0.1) is 12.2 Å². The number of rotatable bonds is 5. The van der Waals surface area contributed by atoms with Gasteiger partial charge in [-0.3, -0.25) is 9.69 Å². The van der Waals surface area contributed by atoms with Gasteiger partial charge in [0.1, 0.15) is 0 Å². The molecule has 2 aromatic rings. The second kappa shape index (κ2) is 5.98. The first-order chi connectivity index (χ1) is 8.65. The highest BCUT2D eigenvalue weighted by Crippen LogP contribution is 2.13. The first-order valence-electron chi connectivity index (χ1n) is 5.75. The molecule has 0 aliphatic carbocycles. The van der Waals surface area contributed by atoms with Gasteiger partial charge in [0.2, 0.25) is 0 Å². The summed E-state index contributed by atoms with van der Waals surface area (Å²) >= 11 is 3.44. The minimum Gasteiger partial charge on any atom is -0.359 e. The first-order valence-corrected chi connectivity index (χ1v) is 6.54. The van der Waals surface area contributed by atoms with Crippen molar-refractivity contribution >= 4 is 21.7 Å². The zero-order valence-corrected chi connectivity index (χ0v) is 11.8. The van der Waals surface area contributed by atoms with Gasteiger partial charge >= 0.3 is 0 Å². The van der Waals surface area contributed by atoms with Crippen molar-refractivity contribution in [1.82, 2.24) is 9.88 Å². The summed E-state index contributed by atoms with van der Waals surface area (Å²) in [7, 11) is 1.95. The highest BCUT2D eigenvalue weighted by Gasteiger charge is 2.10. The van der Waals surface area contributed by atoms with Crippen molar-refractivity contribution in [1.29, 1.82) is 0 Å². The van der Waals surface area contributed by atoms with Gasteiger partial charge in [-0.2, -0.15) is 0 Å². The van der Waals surface area contributed by atoms with E-state index in [0.717, 1.165) is 11.0 Å². The van der Waals surface area contributed by atoms with Crippen LogP contribution in [-0.2, 0) is 6.54 Å². The second-order valence-corrected chi connectivity index (χ2v) is 5.22. The fourth-order valence-corrected chi connectivity index (χ4v) is 2.28. The molecule has 1 N–H and O–H groups in total. The number of likely N-dealkylation sites (N-methyl/N-ethyl adjacent to an activating group) is 1. The zero-order chi connectivity index (χ0) is 13.0. The van der Waals surface area contributed by atoms with Crippen molar-refractivity contribution in [2.24, 2.45) is 0 Å². The summed E-state index contributed by atoms with van der Waals surface area (Å²) < 4.78 is 1.06. The Morgan fingerprint density at radius 1 is 1.33 bits per heavy atom. The Balaban J connectivity index is 1.93. The molecule has 1 aromatic carbocycles. The van der Waals surface area contributed by atoms with Crippen molar-refractivity contribution in [2.75, 3.05) is 13.6 Å². The fourth-order valence-electron chi connectivity index (χ4n) is 1.84. The molecule has 0 bridgehead atoms. The molecule has 0 aliphatic heterocycles. The molecule has 2 rings (SSSR count). The van der Waals surface area contributed by atoms with Crippen LogP contribution in [0.2, 0.25) is 0 Å². The highest BCUT2D eigenvalue weighted by molar-refractivity contribution is 9.10. The molecule has 0 amide bonds. The first kappa shape index (κ1) is 13.1. The number of carbonyl (C=O) groups excluding carboxylic acids is 1. The van der Waals surface area contributed by atoms with E-state index in [1.165, 1.54) is 5.56 Å². The summed E-state index contributed by atoms with van der Waals surface area (Å²) in [5.74, 6) is 0.109. The Morgan fingerprint density at radius 3 is 2.83 bits per heavy atom. The second-order valence-electron chi connectivity index (χ2n) is 4.31. The Kier molecular flexibility index (Phi) is 4.33. The molecule has 0 spiro atoms. The van der Waals surface area contributed by atoms with Crippen molar-refractivity contribution in [3.63, 3.8) is 0 Å². The predicted molar refractivity (Wildman–Crippen MR) is 75.6 cm³/mol. The average Bonchev–Trinajstić information content (AvgIpc) is 2.81. The van der Waals surface area contributed by atoms with E-state index in [0.29, 0.717) is 12.2 Å². The molecule has 1 aromatic heterocycles. The van der Waals surface area contributed by atoms with E-state index in [4.69, 9.17) is 0 Å². The summed E-state index contributed by atoms with van der Waals surface area (Å²) in [5.41, 5.74) is 1.85. The number of carbonyl (C=O) groups is 1. The summed E-state index contributed by atoms with van der Waals surface area (Å²) in [5, 5.41) is 0. The minimum absolute atomic E-state index is 0.109. The van der Waals surface area contributed by atoms with Crippen LogP contribution in [0.4, 0.5) is 0 Å². The number of hydrogen-bond donors (Lipinski definition) is 1. The number of halogens is 1. The van der Waals surface area contributed by atoms with Crippen LogP contribution in [0.3, 0.4) is 0 Å². The molecule has 18 heavy (non-hydrogen) atoms. The van der Waals surface area contributed by atoms with Crippen LogP contribution in [-0.4, -0.2) is 29.3 Å². The molecular weight excluding hydrogens is 292 g/mol. The van der Waals surface area contributed by atoms with Crippen molar-refractivity contribution in [3.8, 4) is 0 Å². The molecule has 0 aliphatic rings. The van der Waals surface area contributed by atoms with E-state index >= 15 is 0 Å². The zero-order valence-electron chi connectivity index (χ0n) is 10.2. The number of aromatic nitrogens is 1. The van der Waals surface area contributed by atoms with E-state index in [1.807, 2.05) is 30.1 Å². The molecule has 0 unspecified atom stereocenters. The van der Waals surface area contributed by atoms with Gasteiger partial charge in [-0.1, -0.05) is 28.1 Å². The maximum absolute atomic E-state index is 11.9. The van der Waals surface area contributed by atoms with E-state index in [1.54, 1.807) is 12.3 Å². The van der Waals surface area contributed by atoms with Gasteiger partial charge in [0, 0.05) is 17.2 Å². The van der Waals surface area contributed by atoms with E-state index in [-0.39, 0.29) is 5.78 Å². The summed E-state index contributed by atoms with van der Waals surface area (Å²) in [4.78, 5) is 16.8. The lowest BCUT2D eigenvalue weighted by molar-refractivity contribution is 0.0938. The van der Waals surface area contributed by atoms with Crippen LogP contribution in [0.5, 0.6) is 0 Å². The number of nitrogens with zero attached hydrogens (tertiary/aromatic N) is 1. The Hall–Kier alpha value is -1.39. The number of aromatic amines is 1. The third kappa shape index (κ3) is 3.55. The van der Waals surface area contributed by atoms with E-state index in [9.17, 15) is 4.79 Å². The Labute approximate surface area is 115 Å². The number of Topliss-reactive ketones (excluding diaryl/α,β-unsaturated/α-hetero) is 1. The monoisotopic (exact) mass is 306 g/mol. The lowest BCUT2D eigenvalue weighted by atomic mass is 10.2. The van der Waals surface area contributed by atoms with Crippen molar-refractivity contribution in [3.05, 3.63) is 58.3 Å². The van der Waals surface area contributed by atoms with Gasteiger partial charge in [0.15, 0.2) is 5.78 Å². The summed E-state index contributed by atoms with van der Waals surface area (Å²) in [6, 6.07) is 11.8. The Morgan fingerprint density at radius 2 is 2.17 bits per heavy atom. The Bertz CT molecular complexity index is 522. The molecule has 0 fully saturated rings. The van der Waals surface area contributed by atoms with Crippen molar-refractivity contribution in [2.45, 2.75) is 6.54 Å². The topological polar surface area (TPSA) is 36.1 Å². The van der Waals surface area contributed by atoms with Gasteiger partial charge in [-0.05, 0) is 36.9 Å². The number of ketones is 1. The molecule has 0 saturated heterocycles. The SMILES string of the molecule is CN(CC(=O)c1ccc[nH]1)Cc1cccc(Br)c1. The lowest BCUT2D eigenvalue weighted by Crippen LogP contribution is -2.25. The van der Waals surface area contributed by atoms with Crippen molar-refractivity contribution < 1.29 is 4.79 Å². The maximum atomic E-state index is 11.9. The van der Waals surface area contributed by atoms with Crippen LogP contribution in [0.15, 0.2) is 47.1 Å². The minimum atomic E-state index is 0.109. The van der Waals surface area contributed by atoms with Gasteiger partial charge in [-0.25, -0.2) is 0 Å². The fraction of sp³-hybridized carbons (Fsp3) is 0.214. The lowest BCUT2D eigenvalue weighted by Gasteiger charge is -2.15. The number of hydrogen-bond acceptors (Lipinski definition) is 2.